The Labute approximate surface area is 147 Å². The number of urea groups is 1. The normalized spacial score (nSPS) is 23.3. The van der Waals surface area contributed by atoms with Gasteiger partial charge in [0.2, 0.25) is 0 Å². The quantitative estimate of drug-likeness (QED) is 0.932. The third-order valence-corrected chi connectivity index (χ3v) is 4.83. The average molecular weight is 338 g/mol. The van der Waals surface area contributed by atoms with Gasteiger partial charge in [-0.05, 0) is 17.7 Å². The van der Waals surface area contributed by atoms with E-state index in [1.807, 2.05) is 23.1 Å². The molecule has 0 bridgehead atoms. The van der Waals surface area contributed by atoms with Crippen LogP contribution in [0, 0.1) is 0 Å². The summed E-state index contributed by atoms with van der Waals surface area (Å²) in [5.41, 5.74) is 1.29. The number of pyridine rings is 1. The van der Waals surface area contributed by atoms with Gasteiger partial charge in [0.1, 0.15) is 5.82 Å². The molecule has 1 aromatic carbocycles. The van der Waals surface area contributed by atoms with Crippen LogP contribution < -0.4 is 5.32 Å². The number of ether oxygens (including phenoxy) is 1. The van der Waals surface area contributed by atoms with E-state index in [0.29, 0.717) is 25.5 Å². The molecule has 0 unspecified atom stereocenters. The van der Waals surface area contributed by atoms with E-state index >= 15 is 0 Å². The third-order valence-electron chi connectivity index (χ3n) is 4.83. The van der Waals surface area contributed by atoms with Crippen molar-refractivity contribution >= 4 is 11.8 Å². The summed E-state index contributed by atoms with van der Waals surface area (Å²) in [4.78, 5) is 20.9. The number of likely N-dealkylation sites (tertiary alicyclic amines) is 1. The van der Waals surface area contributed by atoms with Gasteiger partial charge in [-0.2, -0.15) is 0 Å². The summed E-state index contributed by atoms with van der Waals surface area (Å²) in [7, 11) is 0. The van der Waals surface area contributed by atoms with Gasteiger partial charge in [-0.15, -0.1) is 0 Å². The highest BCUT2D eigenvalue weighted by molar-refractivity contribution is 5.88. The average Bonchev–Trinajstić information content (AvgIpc) is 3.09. The van der Waals surface area contributed by atoms with Crippen molar-refractivity contribution in [2.45, 2.75) is 18.7 Å². The molecule has 6 nitrogen and oxygen atoms in total. The third kappa shape index (κ3) is 3.65. The van der Waals surface area contributed by atoms with Gasteiger partial charge in [0.05, 0.1) is 25.3 Å². The topological polar surface area (TPSA) is 57.7 Å². The fraction of sp³-hybridized carbons (Fsp3) is 0.368. The Hall–Kier alpha value is -2.44. The molecule has 2 atom stereocenters. The van der Waals surface area contributed by atoms with Crippen LogP contribution in [0.2, 0.25) is 0 Å². The molecule has 1 aromatic heterocycles. The first-order valence-corrected chi connectivity index (χ1v) is 8.66. The van der Waals surface area contributed by atoms with Crippen molar-refractivity contribution in [2.75, 3.05) is 31.6 Å². The van der Waals surface area contributed by atoms with Crippen LogP contribution in [0.25, 0.3) is 0 Å². The van der Waals surface area contributed by atoms with E-state index in [2.05, 4.69) is 39.5 Å². The Morgan fingerprint density at radius 1 is 1.16 bits per heavy atom. The molecule has 4 rings (SSSR count). The second kappa shape index (κ2) is 7.21. The number of rotatable bonds is 3. The fourth-order valence-corrected chi connectivity index (χ4v) is 3.56. The number of anilines is 1. The summed E-state index contributed by atoms with van der Waals surface area (Å²) in [6.45, 7) is 3.79. The van der Waals surface area contributed by atoms with Crippen molar-refractivity contribution in [1.82, 2.24) is 14.8 Å². The summed E-state index contributed by atoms with van der Waals surface area (Å²) >= 11 is 0. The Kier molecular flexibility index (Phi) is 4.63. The summed E-state index contributed by atoms with van der Waals surface area (Å²) < 4.78 is 5.92. The molecule has 130 valence electrons. The van der Waals surface area contributed by atoms with Gasteiger partial charge in [-0.25, -0.2) is 9.78 Å². The number of amides is 2. The Balaban J connectivity index is 1.41. The van der Waals surface area contributed by atoms with E-state index in [-0.39, 0.29) is 18.2 Å². The summed E-state index contributed by atoms with van der Waals surface area (Å²) in [5, 5.41) is 2.86. The molecule has 0 radical (unpaired) electrons. The highest BCUT2D eigenvalue weighted by atomic mass is 16.5. The first-order valence-electron chi connectivity index (χ1n) is 8.66. The van der Waals surface area contributed by atoms with Crippen LogP contribution in [-0.2, 0) is 11.3 Å². The van der Waals surface area contributed by atoms with Gasteiger partial charge in [-0.3, -0.25) is 10.2 Å². The molecule has 0 spiro atoms. The van der Waals surface area contributed by atoms with Gasteiger partial charge in [0.15, 0.2) is 0 Å². The van der Waals surface area contributed by atoms with Crippen molar-refractivity contribution in [1.29, 1.82) is 0 Å². The van der Waals surface area contributed by atoms with E-state index in [4.69, 9.17) is 4.74 Å². The van der Waals surface area contributed by atoms with Gasteiger partial charge in [0, 0.05) is 25.8 Å². The van der Waals surface area contributed by atoms with Gasteiger partial charge < -0.3 is 9.64 Å². The van der Waals surface area contributed by atoms with Crippen LogP contribution in [-0.4, -0.2) is 59.2 Å². The molecule has 2 aliphatic rings. The van der Waals surface area contributed by atoms with Crippen LogP contribution >= 0.6 is 0 Å². The molecule has 0 saturated carbocycles. The lowest BCUT2D eigenvalue weighted by atomic mass is 10.1. The van der Waals surface area contributed by atoms with Crippen LogP contribution in [0.4, 0.5) is 10.6 Å². The van der Waals surface area contributed by atoms with Gasteiger partial charge in [-0.1, -0.05) is 36.4 Å². The molecule has 1 N–H and O–H groups in total. The molecular formula is C19H22N4O2. The smallest absolute Gasteiger partial charge is 0.323 e. The van der Waals surface area contributed by atoms with Crippen molar-refractivity contribution in [3.8, 4) is 0 Å². The highest BCUT2D eigenvalue weighted by Crippen LogP contribution is 2.25. The zero-order valence-corrected chi connectivity index (χ0v) is 14.0. The molecule has 2 aliphatic heterocycles. The Bertz CT molecular complexity index is 710. The molecule has 2 saturated heterocycles. The first-order chi connectivity index (χ1) is 12.3. The zero-order valence-electron chi connectivity index (χ0n) is 14.0. The fourth-order valence-electron chi connectivity index (χ4n) is 3.56. The zero-order chi connectivity index (χ0) is 17.1. The van der Waals surface area contributed by atoms with E-state index < -0.39 is 0 Å². The number of carbonyl (C=O) groups excluding carboxylic acids is 1. The number of morpholine rings is 1. The van der Waals surface area contributed by atoms with E-state index in [0.717, 1.165) is 13.1 Å². The maximum Gasteiger partial charge on any atom is 0.323 e. The van der Waals surface area contributed by atoms with E-state index in [1.54, 1.807) is 12.3 Å². The number of nitrogens with zero attached hydrogens (tertiary/aromatic N) is 3. The molecule has 6 heteroatoms. The van der Waals surface area contributed by atoms with Crippen molar-refractivity contribution in [3.05, 3.63) is 60.3 Å². The molecule has 2 amide bonds. The second-order valence-corrected chi connectivity index (χ2v) is 6.48. The minimum atomic E-state index is -0.114. The standard InChI is InChI=1S/C19H22N4O2/c24-19(21-18-8-4-5-9-20-18)23-13-16-17(14-23)25-11-10-22(16)12-15-6-2-1-3-7-15/h1-9,16-17H,10-14H2,(H,20,21,24)/t16-,17+/m1/s1. The summed E-state index contributed by atoms with van der Waals surface area (Å²) in [6, 6.07) is 16.1. The van der Waals surface area contributed by atoms with Crippen molar-refractivity contribution < 1.29 is 9.53 Å². The molecule has 2 aromatic rings. The number of aromatic nitrogens is 1. The minimum Gasteiger partial charge on any atom is -0.373 e. The number of fused-ring (bicyclic) bond motifs is 1. The lowest BCUT2D eigenvalue weighted by Crippen LogP contribution is -2.50. The van der Waals surface area contributed by atoms with E-state index in [1.165, 1.54) is 5.56 Å². The summed E-state index contributed by atoms with van der Waals surface area (Å²) in [6.07, 6.45) is 1.75. The lowest BCUT2D eigenvalue weighted by Gasteiger charge is -2.36. The predicted octanol–water partition coefficient (Wildman–Crippen LogP) is 2.20. The lowest BCUT2D eigenvalue weighted by molar-refractivity contribution is -0.0503. The largest absolute Gasteiger partial charge is 0.373 e. The number of nitrogens with one attached hydrogen (secondary N) is 1. The minimum absolute atomic E-state index is 0.0759. The first kappa shape index (κ1) is 16.1. The Morgan fingerprint density at radius 3 is 2.80 bits per heavy atom. The molecule has 3 heterocycles. The summed E-state index contributed by atoms with van der Waals surface area (Å²) in [5.74, 6) is 0.574. The van der Waals surface area contributed by atoms with Crippen molar-refractivity contribution in [3.63, 3.8) is 0 Å². The Morgan fingerprint density at radius 2 is 2.00 bits per heavy atom. The molecule has 0 aliphatic carbocycles. The van der Waals surface area contributed by atoms with Gasteiger partial charge in [0.25, 0.3) is 0 Å². The van der Waals surface area contributed by atoms with E-state index in [9.17, 15) is 4.79 Å². The number of hydrogen-bond acceptors (Lipinski definition) is 4. The number of carbonyl (C=O) groups is 1. The van der Waals surface area contributed by atoms with Crippen LogP contribution in [0.5, 0.6) is 0 Å². The van der Waals surface area contributed by atoms with Crippen LogP contribution in [0.1, 0.15) is 5.56 Å². The predicted molar refractivity (Wildman–Crippen MR) is 95.2 cm³/mol. The number of benzene rings is 1. The molecule has 25 heavy (non-hydrogen) atoms. The van der Waals surface area contributed by atoms with Crippen molar-refractivity contribution in [2.24, 2.45) is 0 Å². The SMILES string of the molecule is O=C(Nc1ccccn1)N1C[C@@H]2OCCN(Cc3ccccc3)[C@@H]2C1. The van der Waals surface area contributed by atoms with Crippen LogP contribution in [0.3, 0.4) is 0 Å². The van der Waals surface area contributed by atoms with Crippen LogP contribution in [0.15, 0.2) is 54.7 Å². The number of hydrogen-bond donors (Lipinski definition) is 1. The molecule has 2 fully saturated rings. The highest BCUT2D eigenvalue weighted by Gasteiger charge is 2.41. The second-order valence-electron chi connectivity index (χ2n) is 6.48. The molecular weight excluding hydrogens is 316 g/mol. The monoisotopic (exact) mass is 338 g/mol. The maximum absolute atomic E-state index is 12.5. The maximum atomic E-state index is 12.5. The van der Waals surface area contributed by atoms with Gasteiger partial charge >= 0.3 is 6.03 Å².